The number of non-ortho nitro benzene ring substituents is 1. The summed E-state index contributed by atoms with van der Waals surface area (Å²) in [5.41, 5.74) is 1.54. The first-order valence-corrected chi connectivity index (χ1v) is 4.38. The van der Waals surface area contributed by atoms with Gasteiger partial charge in [0.05, 0.1) is 11.1 Å². The molecule has 78 valence electrons. The lowest BCUT2D eigenvalue weighted by Gasteiger charge is -1.92. The van der Waals surface area contributed by atoms with E-state index in [1.807, 2.05) is 13.8 Å². The monoisotopic (exact) mass is 205 g/mol. The maximum Gasteiger partial charge on any atom is 0.270 e. The second-order valence-electron chi connectivity index (χ2n) is 3.14. The summed E-state index contributed by atoms with van der Waals surface area (Å²) in [7, 11) is 0. The van der Waals surface area contributed by atoms with Crippen LogP contribution in [0, 0.1) is 10.1 Å². The molecular formula is C10H11N3O2. The minimum atomic E-state index is -0.439. The molecule has 0 N–H and O–H groups in total. The van der Waals surface area contributed by atoms with E-state index in [0.29, 0.717) is 5.56 Å². The summed E-state index contributed by atoms with van der Waals surface area (Å²) < 4.78 is 0. The first kappa shape index (κ1) is 11.0. The van der Waals surface area contributed by atoms with Gasteiger partial charge < -0.3 is 0 Å². The van der Waals surface area contributed by atoms with Gasteiger partial charge in [-0.3, -0.25) is 10.1 Å². The van der Waals surface area contributed by atoms with Crippen LogP contribution in [0.25, 0.3) is 0 Å². The first-order chi connectivity index (χ1) is 7.09. The molecule has 0 heterocycles. The van der Waals surface area contributed by atoms with Crippen LogP contribution in [0.2, 0.25) is 0 Å². The Bertz CT molecular complexity index is 420. The minimum absolute atomic E-state index is 0.0520. The molecule has 0 saturated carbocycles. The Kier molecular flexibility index (Phi) is 3.68. The van der Waals surface area contributed by atoms with E-state index in [1.165, 1.54) is 18.3 Å². The normalized spacial score (nSPS) is 10.3. The molecule has 0 atom stereocenters. The van der Waals surface area contributed by atoms with Crippen LogP contribution in [-0.4, -0.2) is 16.8 Å². The lowest BCUT2D eigenvalue weighted by Crippen LogP contribution is -1.89. The van der Waals surface area contributed by atoms with Gasteiger partial charge in [0.1, 0.15) is 0 Å². The van der Waals surface area contributed by atoms with Gasteiger partial charge >= 0.3 is 0 Å². The summed E-state index contributed by atoms with van der Waals surface area (Å²) in [6.45, 7) is 3.65. The summed E-state index contributed by atoms with van der Waals surface area (Å²) >= 11 is 0. The molecule has 0 fully saturated rings. The number of nitro groups is 1. The number of hydrogen-bond acceptors (Lipinski definition) is 4. The molecule has 1 aromatic rings. The summed E-state index contributed by atoms with van der Waals surface area (Å²) in [5, 5.41) is 18.1. The summed E-state index contributed by atoms with van der Waals surface area (Å²) in [5.74, 6) is 0. The highest BCUT2D eigenvalue weighted by Gasteiger charge is 2.03. The largest absolute Gasteiger partial charge is 0.270 e. The SMILES string of the molecule is CC(C)=N/N=C/c1cccc([N+](=O)[O-])c1. The summed E-state index contributed by atoms with van der Waals surface area (Å²) in [6, 6.07) is 6.23. The van der Waals surface area contributed by atoms with Gasteiger partial charge in [-0.25, -0.2) is 0 Å². The van der Waals surface area contributed by atoms with Gasteiger partial charge in [0.25, 0.3) is 5.69 Å². The molecular weight excluding hydrogens is 194 g/mol. The summed E-state index contributed by atoms with van der Waals surface area (Å²) in [6.07, 6.45) is 1.49. The van der Waals surface area contributed by atoms with Crippen molar-refractivity contribution in [2.45, 2.75) is 13.8 Å². The molecule has 1 rings (SSSR count). The molecule has 0 radical (unpaired) electrons. The molecule has 15 heavy (non-hydrogen) atoms. The van der Waals surface area contributed by atoms with Crippen molar-refractivity contribution in [1.29, 1.82) is 0 Å². The van der Waals surface area contributed by atoms with Crippen molar-refractivity contribution in [2.75, 3.05) is 0 Å². The van der Waals surface area contributed by atoms with Gasteiger partial charge in [0.15, 0.2) is 0 Å². The van der Waals surface area contributed by atoms with Gasteiger partial charge in [-0.05, 0) is 13.8 Å². The predicted octanol–water partition coefficient (Wildman–Crippen LogP) is 2.41. The molecule has 0 aromatic heterocycles. The molecule has 5 heteroatoms. The van der Waals surface area contributed by atoms with E-state index in [1.54, 1.807) is 12.1 Å². The highest BCUT2D eigenvalue weighted by molar-refractivity contribution is 5.83. The second-order valence-corrected chi connectivity index (χ2v) is 3.14. The van der Waals surface area contributed by atoms with Crippen molar-refractivity contribution in [3.8, 4) is 0 Å². The molecule has 0 bridgehead atoms. The topological polar surface area (TPSA) is 67.9 Å². The Morgan fingerprint density at radius 2 is 2.20 bits per heavy atom. The third kappa shape index (κ3) is 3.68. The molecule has 0 spiro atoms. The number of nitrogens with zero attached hydrogens (tertiary/aromatic N) is 3. The average Bonchev–Trinajstić information content (AvgIpc) is 2.17. The van der Waals surface area contributed by atoms with Gasteiger partial charge in [0.2, 0.25) is 0 Å². The van der Waals surface area contributed by atoms with Crippen molar-refractivity contribution in [3.63, 3.8) is 0 Å². The molecule has 0 aliphatic heterocycles. The first-order valence-electron chi connectivity index (χ1n) is 4.38. The molecule has 0 saturated heterocycles. The minimum Gasteiger partial charge on any atom is -0.258 e. The number of benzene rings is 1. The Balaban J connectivity index is 2.87. The Morgan fingerprint density at radius 1 is 1.47 bits per heavy atom. The molecule has 0 unspecified atom stereocenters. The fourth-order valence-corrected chi connectivity index (χ4v) is 0.930. The summed E-state index contributed by atoms with van der Waals surface area (Å²) in [4.78, 5) is 10.0. The maximum absolute atomic E-state index is 10.5. The third-order valence-electron chi connectivity index (χ3n) is 1.55. The van der Waals surface area contributed by atoms with E-state index < -0.39 is 4.92 Å². The molecule has 0 amide bonds. The van der Waals surface area contributed by atoms with Crippen molar-refractivity contribution < 1.29 is 4.92 Å². The third-order valence-corrected chi connectivity index (χ3v) is 1.55. The Labute approximate surface area is 87.3 Å². The van der Waals surface area contributed by atoms with Crippen molar-refractivity contribution in [3.05, 3.63) is 39.9 Å². The molecule has 1 aromatic carbocycles. The van der Waals surface area contributed by atoms with Crippen LogP contribution >= 0.6 is 0 Å². The van der Waals surface area contributed by atoms with E-state index in [9.17, 15) is 10.1 Å². The fraction of sp³-hybridized carbons (Fsp3) is 0.200. The molecule has 5 nitrogen and oxygen atoms in total. The van der Waals surface area contributed by atoms with E-state index >= 15 is 0 Å². The van der Waals surface area contributed by atoms with Crippen LogP contribution in [0.1, 0.15) is 19.4 Å². The van der Waals surface area contributed by atoms with Crippen LogP contribution in [0.3, 0.4) is 0 Å². The number of rotatable bonds is 3. The number of nitro benzene ring substituents is 1. The predicted molar refractivity (Wildman–Crippen MR) is 59.5 cm³/mol. The van der Waals surface area contributed by atoms with Gasteiger partial charge in [0, 0.05) is 23.4 Å². The lowest BCUT2D eigenvalue weighted by molar-refractivity contribution is -0.384. The van der Waals surface area contributed by atoms with Crippen LogP contribution in [-0.2, 0) is 0 Å². The Hall–Kier alpha value is -2.04. The zero-order chi connectivity index (χ0) is 11.3. The number of hydrogen-bond donors (Lipinski definition) is 0. The van der Waals surface area contributed by atoms with Crippen molar-refractivity contribution in [2.24, 2.45) is 10.2 Å². The van der Waals surface area contributed by atoms with E-state index in [-0.39, 0.29) is 5.69 Å². The highest BCUT2D eigenvalue weighted by atomic mass is 16.6. The zero-order valence-electron chi connectivity index (χ0n) is 8.54. The van der Waals surface area contributed by atoms with Crippen LogP contribution in [0.15, 0.2) is 34.5 Å². The zero-order valence-corrected chi connectivity index (χ0v) is 8.54. The highest BCUT2D eigenvalue weighted by Crippen LogP contribution is 2.11. The average molecular weight is 205 g/mol. The van der Waals surface area contributed by atoms with Crippen LogP contribution in [0.5, 0.6) is 0 Å². The van der Waals surface area contributed by atoms with Gasteiger partial charge in [-0.1, -0.05) is 12.1 Å². The Morgan fingerprint density at radius 3 is 2.80 bits per heavy atom. The van der Waals surface area contributed by atoms with Gasteiger partial charge in [-0.2, -0.15) is 10.2 Å². The van der Waals surface area contributed by atoms with Crippen molar-refractivity contribution in [1.82, 2.24) is 0 Å². The smallest absolute Gasteiger partial charge is 0.258 e. The molecule has 0 aliphatic carbocycles. The van der Waals surface area contributed by atoms with E-state index in [2.05, 4.69) is 10.2 Å². The van der Waals surface area contributed by atoms with Crippen LogP contribution < -0.4 is 0 Å². The van der Waals surface area contributed by atoms with Crippen LogP contribution in [0.4, 0.5) is 5.69 Å². The standard InChI is InChI=1S/C10H11N3O2/c1-8(2)12-11-7-9-4-3-5-10(6-9)13(14)15/h3-7H,1-2H3/b11-7+. The van der Waals surface area contributed by atoms with Gasteiger partial charge in [-0.15, -0.1) is 0 Å². The fourth-order valence-electron chi connectivity index (χ4n) is 0.930. The van der Waals surface area contributed by atoms with E-state index in [0.717, 1.165) is 5.71 Å². The second kappa shape index (κ2) is 4.99. The van der Waals surface area contributed by atoms with Crippen molar-refractivity contribution >= 4 is 17.6 Å². The van der Waals surface area contributed by atoms with E-state index in [4.69, 9.17) is 0 Å². The molecule has 0 aliphatic rings. The lowest BCUT2D eigenvalue weighted by atomic mass is 10.2. The quantitative estimate of drug-likeness (QED) is 0.432. The maximum atomic E-state index is 10.5.